The van der Waals surface area contributed by atoms with E-state index in [0.29, 0.717) is 17.1 Å². The number of ether oxygens (including phenoxy) is 1. The van der Waals surface area contributed by atoms with Gasteiger partial charge in [-0.15, -0.1) is 0 Å². The molecule has 1 fully saturated rings. The maximum absolute atomic E-state index is 12.1. The average molecular weight is 275 g/mol. The van der Waals surface area contributed by atoms with Crippen LogP contribution in [0.5, 0.6) is 5.75 Å². The van der Waals surface area contributed by atoms with E-state index in [1.807, 2.05) is 0 Å². The molecule has 6 heteroatoms. The van der Waals surface area contributed by atoms with Crippen molar-refractivity contribution in [3.8, 4) is 5.75 Å². The number of nitrogens with zero attached hydrogens (tertiary/aromatic N) is 1. The monoisotopic (exact) mass is 275 g/mol. The van der Waals surface area contributed by atoms with E-state index in [2.05, 4.69) is 10.6 Å². The molecule has 0 aliphatic carbocycles. The SMILES string of the molecule is CN1C(=O)COc2ccc(NC(=O)C3CCNC3)cc21. The number of amides is 2. The van der Waals surface area contributed by atoms with E-state index in [4.69, 9.17) is 4.74 Å². The van der Waals surface area contributed by atoms with Crippen LogP contribution in [-0.4, -0.2) is 38.6 Å². The van der Waals surface area contributed by atoms with Crippen LogP contribution in [0.3, 0.4) is 0 Å². The number of likely N-dealkylation sites (N-methyl/N-ethyl adjacent to an activating group) is 1. The number of carbonyl (C=O) groups excluding carboxylic acids is 2. The summed E-state index contributed by atoms with van der Waals surface area (Å²) in [6, 6.07) is 5.34. The highest BCUT2D eigenvalue weighted by molar-refractivity contribution is 5.99. The molecule has 2 N–H and O–H groups in total. The van der Waals surface area contributed by atoms with Gasteiger partial charge in [-0.2, -0.15) is 0 Å². The lowest BCUT2D eigenvalue weighted by Crippen LogP contribution is -2.35. The Kier molecular flexibility index (Phi) is 3.31. The Balaban J connectivity index is 1.78. The lowest BCUT2D eigenvalue weighted by molar-refractivity contribution is -0.121. The van der Waals surface area contributed by atoms with E-state index in [0.717, 1.165) is 19.5 Å². The van der Waals surface area contributed by atoms with E-state index >= 15 is 0 Å². The van der Waals surface area contributed by atoms with E-state index in [1.165, 1.54) is 0 Å². The highest BCUT2D eigenvalue weighted by atomic mass is 16.5. The Morgan fingerprint density at radius 1 is 1.50 bits per heavy atom. The van der Waals surface area contributed by atoms with E-state index < -0.39 is 0 Å². The van der Waals surface area contributed by atoms with E-state index in [9.17, 15) is 9.59 Å². The van der Waals surface area contributed by atoms with Crippen molar-refractivity contribution < 1.29 is 14.3 Å². The fourth-order valence-corrected chi connectivity index (χ4v) is 2.47. The largest absolute Gasteiger partial charge is 0.482 e. The van der Waals surface area contributed by atoms with Gasteiger partial charge < -0.3 is 20.3 Å². The Labute approximate surface area is 117 Å². The van der Waals surface area contributed by atoms with Crippen molar-refractivity contribution in [3.05, 3.63) is 18.2 Å². The maximum Gasteiger partial charge on any atom is 0.264 e. The molecule has 2 aliphatic rings. The van der Waals surface area contributed by atoms with Gasteiger partial charge in [0.05, 0.1) is 11.6 Å². The van der Waals surface area contributed by atoms with Crippen LogP contribution in [0.4, 0.5) is 11.4 Å². The minimum Gasteiger partial charge on any atom is -0.482 e. The number of hydrogen-bond donors (Lipinski definition) is 2. The van der Waals surface area contributed by atoms with Gasteiger partial charge in [0.2, 0.25) is 5.91 Å². The molecule has 6 nitrogen and oxygen atoms in total. The smallest absolute Gasteiger partial charge is 0.264 e. The van der Waals surface area contributed by atoms with Crippen LogP contribution in [0.25, 0.3) is 0 Å². The number of nitrogens with one attached hydrogen (secondary N) is 2. The summed E-state index contributed by atoms with van der Waals surface area (Å²) in [5.74, 6) is 0.593. The van der Waals surface area contributed by atoms with Gasteiger partial charge in [0.25, 0.3) is 5.91 Å². The second-order valence-electron chi connectivity index (χ2n) is 5.10. The minimum absolute atomic E-state index is 0.0145. The summed E-state index contributed by atoms with van der Waals surface area (Å²) in [6.07, 6.45) is 0.859. The summed E-state index contributed by atoms with van der Waals surface area (Å²) in [5.41, 5.74) is 1.37. The molecule has 3 rings (SSSR count). The topological polar surface area (TPSA) is 70.7 Å². The van der Waals surface area contributed by atoms with Crippen LogP contribution < -0.4 is 20.3 Å². The lowest BCUT2D eigenvalue weighted by atomic mass is 10.1. The highest BCUT2D eigenvalue weighted by Gasteiger charge is 2.25. The Morgan fingerprint density at radius 3 is 3.10 bits per heavy atom. The Morgan fingerprint density at radius 2 is 2.35 bits per heavy atom. The first-order valence-electron chi connectivity index (χ1n) is 6.70. The summed E-state index contributed by atoms with van der Waals surface area (Å²) in [6.45, 7) is 1.66. The number of rotatable bonds is 2. The molecule has 106 valence electrons. The van der Waals surface area contributed by atoms with Gasteiger partial charge in [0, 0.05) is 19.3 Å². The number of benzene rings is 1. The summed E-state index contributed by atoms with van der Waals surface area (Å²) >= 11 is 0. The molecular formula is C14H17N3O3. The lowest BCUT2D eigenvalue weighted by Gasteiger charge is -2.26. The predicted octanol–water partition coefficient (Wildman–Crippen LogP) is 0.590. The van der Waals surface area contributed by atoms with Gasteiger partial charge in [0.15, 0.2) is 6.61 Å². The molecule has 1 unspecified atom stereocenters. The minimum atomic E-state index is -0.0963. The van der Waals surface area contributed by atoms with Crippen LogP contribution in [-0.2, 0) is 9.59 Å². The third kappa shape index (κ3) is 2.34. The standard InChI is InChI=1S/C14H17N3O3/c1-17-11-6-10(2-3-12(11)20-8-13(17)18)16-14(19)9-4-5-15-7-9/h2-3,6,9,15H,4-5,7-8H2,1H3,(H,16,19). The quantitative estimate of drug-likeness (QED) is 0.828. The van der Waals surface area contributed by atoms with Crippen molar-refractivity contribution in [2.24, 2.45) is 5.92 Å². The third-order valence-electron chi connectivity index (χ3n) is 3.74. The number of anilines is 2. The zero-order valence-corrected chi connectivity index (χ0v) is 11.3. The zero-order valence-electron chi connectivity index (χ0n) is 11.3. The molecule has 0 saturated carbocycles. The molecule has 2 heterocycles. The summed E-state index contributed by atoms with van der Waals surface area (Å²) in [7, 11) is 1.70. The molecule has 0 aromatic heterocycles. The molecule has 2 amide bonds. The van der Waals surface area contributed by atoms with Crippen LogP contribution in [0.1, 0.15) is 6.42 Å². The molecule has 2 aliphatic heterocycles. The van der Waals surface area contributed by atoms with Gasteiger partial charge in [0.1, 0.15) is 5.75 Å². The molecule has 1 atom stereocenters. The summed E-state index contributed by atoms with van der Waals surface area (Å²) < 4.78 is 5.35. The second kappa shape index (κ2) is 5.13. The number of carbonyl (C=O) groups is 2. The van der Waals surface area contributed by atoms with Crippen molar-refractivity contribution in [2.45, 2.75) is 6.42 Å². The van der Waals surface area contributed by atoms with E-state index in [1.54, 1.807) is 30.1 Å². The Bertz CT molecular complexity index is 553. The van der Waals surface area contributed by atoms with Crippen LogP contribution >= 0.6 is 0 Å². The van der Waals surface area contributed by atoms with Gasteiger partial charge in [-0.05, 0) is 31.2 Å². The molecule has 0 spiro atoms. The van der Waals surface area contributed by atoms with E-state index in [-0.39, 0.29) is 24.3 Å². The van der Waals surface area contributed by atoms with Crippen molar-refractivity contribution >= 4 is 23.2 Å². The highest BCUT2D eigenvalue weighted by Crippen LogP contribution is 2.33. The zero-order chi connectivity index (χ0) is 14.1. The number of hydrogen-bond acceptors (Lipinski definition) is 4. The Hall–Kier alpha value is -2.08. The second-order valence-corrected chi connectivity index (χ2v) is 5.10. The molecule has 20 heavy (non-hydrogen) atoms. The van der Waals surface area contributed by atoms with Crippen molar-refractivity contribution in [1.29, 1.82) is 0 Å². The van der Waals surface area contributed by atoms with Gasteiger partial charge in [-0.3, -0.25) is 9.59 Å². The van der Waals surface area contributed by atoms with Gasteiger partial charge in [-0.1, -0.05) is 0 Å². The first-order valence-corrected chi connectivity index (χ1v) is 6.70. The fraction of sp³-hybridized carbons (Fsp3) is 0.429. The summed E-state index contributed by atoms with van der Waals surface area (Å²) in [4.78, 5) is 25.2. The predicted molar refractivity (Wildman–Crippen MR) is 75.0 cm³/mol. The summed E-state index contributed by atoms with van der Waals surface area (Å²) in [5, 5.41) is 6.06. The van der Waals surface area contributed by atoms with Crippen molar-refractivity contribution in [3.63, 3.8) is 0 Å². The first kappa shape index (κ1) is 12.9. The van der Waals surface area contributed by atoms with Crippen LogP contribution in [0, 0.1) is 5.92 Å². The normalized spacial score (nSPS) is 21.4. The van der Waals surface area contributed by atoms with Gasteiger partial charge >= 0.3 is 0 Å². The van der Waals surface area contributed by atoms with Crippen molar-refractivity contribution in [1.82, 2.24) is 5.32 Å². The molecule has 1 aromatic carbocycles. The first-order chi connectivity index (χ1) is 9.65. The van der Waals surface area contributed by atoms with Crippen LogP contribution in [0.2, 0.25) is 0 Å². The molecule has 0 radical (unpaired) electrons. The van der Waals surface area contributed by atoms with Gasteiger partial charge in [-0.25, -0.2) is 0 Å². The molecular weight excluding hydrogens is 258 g/mol. The third-order valence-corrected chi connectivity index (χ3v) is 3.74. The average Bonchev–Trinajstić information content (AvgIpc) is 2.98. The number of fused-ring (bicyclic) bond motifs is 1. The fourth-order valence-electron chi connectivity index (χ4n) is 2.47. The molecule has 0 bridgehead atoms. The molecule has 1 aromatic rings. The maximum atomic E-state index is 12.1. The molecule has 1 saturated heterocycles. The van der Waals surface area contributed by atoms with Crippen molar-refractivity contribution in [2.75, 3.05) is 37.0 Å². The van der Waals surface area contributed by atoms with Crippen LogP contribution in [0.15, 0.2) is 18.2 Å².